The van der Waals surface area contributed by atoms with Crippen LogP contribution in [0.15, 0.2) is 24.3 Å². The van der Waals surface area contributed by atoms with E-state index in [2.05, 4.69) is 15.2 Å². The lowest BCUT2D eigenvalue weighted by Crippen LogP contribution is -2.33. The zero-order valence-electron chi connectivity index (χ0n) is 13.8. The fourth-order valence-corrected chi connectivity index (χ4v) is 3.05. The number of hydrogen-bond acceptors (Lipinski definition) is 7. The molecule has 0 atom stereocenters. The first-order chi connectivity index (χ1) is 12.6. The van der Waals surface area contributed by atoms with Gasteiger partial charge in [-0.15, -0.1) is 0 Å². The molecule has 2 aromatic rings. The highest BCUT2D eigenvalue weighted by atomic mass is 16.7. The van der Waals surface area contributed by atoms with Crippen LogP contribution in [0.1, 0.15) is 51.1 Å². The molecule has 2 amide bonds. The summed E-state index contributed by atoms with van der Waals surface area (Å²) in [5.41, 5.74) is 0.429. The molecule has 134 valence electrons. The van der Waals surface area contributed by atoms with Crippen LogP contribution in [0.3, 0.4) is 0 Å². The summed E-state index contributed by atoms with van der Waals surface area (Å²) in [4.78, 5) is 45.8. The summed E-state index contributed by atoms with van der Waals surface area (Å²) in [6.07, 6.45) is 1.44. The summed E-state index contributed by atoms with van der Waals surface area (Å²) in [7, 11) is 0. The number of carbonyl (C=O) groups excluding carboxylic acids is 3. The van der Waals surface area contributed by atoms with Crippen LogP contribution >= 0.6 is 0 Å². The van der Waals surface area contributed by atoms with Crippen molar-refractivity contribution in [1.82, 2.24) is 20.2 Å². The van der Waals surface area contributed by atoms with E-state index in [0.717, 1.165) is 12.8 Å². The molecule has 0 unspecified atom stereocenters. The van der Waals surface area contributed by atoms with Crippen LogP contribution in [0, 0.1) is 0 Å². The second-order valence-corrected chi connectivity index (χ2v) is 6.12. The quantitative estimate of drug-likeness (QED) is 0.813. The van der Waals surface area contributed by atoms with E-state index in [-0.39, 0.29) is 23.5 Å². The molecule has 2 aliphatic heterocycles. The minimum Gasteiger partial charge on any atom is -0.381 e. The van der Waals surface area contributed by atoms with Crippen LogP contribution in [0.2, 0.25) is 0 Å². The Bertz CT molecular complexity index is 837. The summed E-state index contributed by atoms with van der Waals surface area (Å²) >= 11 is 0. The number of fused-ring (bicyclic) bond motifs is 1. The van der Waals surface area contributed by atoms with Gasteiger partial charge in [0.1, 0.15) is 12.2 Å². The molecule has 0 aliphatic carbocycles. The Morgan fingerprint density at radius 3 is 2.50 bits per heavy atom. The first-order valence-electron chi connectivity index (χ1n) is 8.31. The van der Waals surface area contributed by atoms with E-state index < -0.39 is 17.8 Å². The topological polar surface area (TPSA) is 114 Å². The van der Waals surface area contributed by atoms with Gasteiger partial charge in [0, 0.05) is 19.1 Å². The Hall–Kier alpha value is -3.07. The van der Waals surface area contributed by atoms with E-state index in [9.17, 15) is 14.4 Å². The minimum absolute atomic E-state index is 0.195. The van der Waals surface area contributed by atoms with Gasteiger partial charge in [0.15, 0.2) is 5.82 Å². The normalized spacial score (nSPS) is 17.5. The van der Waals surface area contributed by atoms with Gasteiger partial charge in [-0.25, -0.2) is 9.78 Å². The number of aromatic amines is 1. The number of hydrogen-bond donors (Lipinski definition) is 1. The predicted octanol–water partition coefficient (Wildman–Crippen LogP) is 0.996. The van der Waals surface area contributed by atoms with Crippen molar-refractivity contribution in [1.29, 1.82) is 0 Å². The first kappa shape index (κ1) is 16.4. The molecule has 2 aliphatic rings. The second-order valence-electron chi connectivity index (χ2n) is 6.12. The van der Waals surface area contributed by atoms with E-state index in [1.165, 1.54) is 12.1 Å². The van der Waals surface area contributed by atoms with Gasteiger partial charge in [0.25, 0.3) is 11.8 Å². The maximum atomic E-state index is 12.2. The number of rotatable bonds is 4. The predicted molar refractivity (Wildman–Crippen MR) is 85.9 cm³/mol. The number of hydroxylamine groups is 2. The summed E-state index contributed by atoms with van der Waals surface area (Å²) in [5, 5.41) is 7.34. The summed E-state index contributed by atoms with van der Waals surface area (Å²) < 4.78 is 5.30. The molecule has 26 heavy (non-hydrogen) atoms. The van der Waals surface area contributed by atoms with Gasteiger partial charge in [0.05, 0.1) is 11.1 Å². The third-order valence-electron chi connectivity index (χ3n) is 4.40. The lowest BCUT2D eigenvalue weighted by atomic mass is 10.00. The number of carbonyl (C=O) groups is 3. The third kappa shape index (κ3) is 2.97. The lowest BCUT2D eigenvalue weighted by Gasteiger charge is -2.18. The fraction of sp³-hybridized carbons (Fsp3) is 0.353. The number of aromatic nitrogens is 3. The molecule has 0 bridgehead atoms. The molecular formula is C17H16N4O5. The lowest BCUT2D eigenvalue weighted by molar-refractivity contribution is -0.167. The molecule has 9 nitrogen and oxygen atoms in total. The van der Waals surface area contributed by atoms with Crippen LogP contribution in [0.25, 0.3) is 0 Å². The zero-order valence-corrected chi connectivity index (χ0v) is 13.8. The van der Waals surface area contributed by atoms with Crippen molar-refractivity contribution in [2.45, 2.75) is 25.2 Å². The van der Waals surface area contributed by atoms with Crippen LogP contribution in [0.4, 0.5) is 0 Å². The van der Waals surface area contributed by atoms with E-state index in [1.54, 1.807) is 12.1 Å². The zero-order chi connectivity index (χ0) is 18.1. The summed E-state index contributed by atoms with van der Waals surface area (Å²) in [6, 6.07) is 6.31. The average Bonchev–Trinajstić information content (AvgIpc) is 3.22. The van der Waals surface area contributed by atoms with Gasteiger partial charge < -0.3 is 9.57 Å². The highest BCUT2D eigenvalue weighted by molar-refractivity contribution is 6.20. The molecule has 1 aromatic carbocycles. The molecule has 0 radical (unpaired) electrons. The Labute approximate surface area is 148 Å². The maximum absolute atomic E-state index is 12.2. The van der Waals surface area contributed by atoms with Crippen LogP contribution < -0.4 is 0 Å². The van der Waals surface area contributed by atoms with Crippen LogP contribution in [-0.2, 0) is 20.8 Å². The van der Waals surface area contributed by atoms with Crippen LogP contribution in [-0.4, -0.2) is 51.2 Å². The maximum Gasteiger partial charge on any atom is 0.340 e. The molecule has 3 heterocycles. The SMILES string of the molecule is O=C(Cc1nc(C2CCOCC2)n[nH]1)ON1C(=O)c2ccccc2C1=O. The molecule has 1 saturated heterocycles. The van der Waals surface area contributed by atoms with Gasteiger partial charge in [-0.2, -0.15) is 5.10 Å². The van der Waals surface area contributed by atoms with Crippen molar-refractivity contribution < 1.29 is 24.0 Å². The number of nitrogens with zero attached hydrogens (tertiary/aromatic N) is 3. The fourth-order valence-electron chi connectivity index (χ4n) is 3.05. The Morgan fingerprint density at radius 2 is 1.85 bits per heavy atom. The standard InChI is InChI=1S/C17H16N4O5/c22-14(9-13-18-15(20-19-13)10-5-7-25-8-6-10)26-21-16(23)11-3-1-2-4-12(11)17(21)24/h1-4,10H,5-9H2,(H,18,19,20). The number of nitrogens with one attached hydrogen (secondary N) is 1. The number of benzene rings is 1. The largest absolute Gasteiger partial charge is 0.381 e. The van der Waals surface area contributed by atoms with Gasteiger partial charge in [-0.1, -0.05) is 17.2 Å². The average molecular weight is 356 g/mol. The second kappa shape index (κ2) is 6.68. The van der Waals surface area contributed by atoms with Crippen molar-refractivity contribution in [3.8, 4) is 0 Å². The molecule has 1 N–H and O–H groups in total. The molecular weight excluding hydrogens is 340 g/mol. The third-order valence-corrected chi connectivity index (χ3v) is 4.40. The van der Waals surface area contributed by atoms with E-state index in [4.69, 9.17) is 9.57 Å². The van der Waals surface area contributed by atoms with Gasteiger partial charge >= 0.3 is 5.97 Å². The monoisotopic (exact) mass is 356 g/mol. The van der Waals surface area contributed by atoms with Gasteiger partial charge in [-0.3, -0.25) is 14.7 Å². The molecule has 4 rings (SSSR count). The summed E-state index contributed by atoms with van der Waals surface area (Å²) in [5.74, 6) is -0.918. The first-order valence-corrected chi connectivity index (χ1v) is 8.31. The highest BCUT2D eigenvalue weighted by Gasteiger charge is 2.38. The molecule has 0 spiro atoms. The Kier molecular flexibility index (Phi) is 4.21. The van der Waals surface area contributed by atoms with E-state index >= 15 is 0 Å². The van der Waals surface area contributed by atoms with Crippen molar-refractivity contribution in [2.24, 2.45) is 0 Å². The number of H-pyrrole nitrogens is 1. The van der Waals surface area contributed by atoms with Crippen molar-refractivity contribution >= 4 is 17.8 Å². The van der Waals surface area contributed by atoms with E-state index in [0.29, 0.717) is 29.9 Å². The molecule has 1 aromatic heterocycles. The molecule has 0 saturated carbocycles. The molecule has 1 fully saturated rings. The van der Waals surface area contributed by atoms with Crippen molar-refractivity contribution in [2.75, 3.05) is 13.2 Å². The Balaban J connectivity index is 1.40. The number of ether oxygens (including phenoxy) is 1. The van der Waals surface area contributed by atoms with Crippen LogP contribution in [0.5, 0.6) is 0 Å². The number of amides is 2. The Morgan fingerprint density at radius 1 is 1.19 bits per heavy atom. The highest BCUT2D eigenvalue weighted by Crippen LogP contribution is 2.24. The van der Waals surface area contributed by atoms with Gasteiger partial charge in [0.2, 0.25) is 0 Å². The van der Waals surface area contributed by atoms with E-state index in [1.807, 2.05) is 0 Å². The molecule has 9 heteroatoms. The van der Waals surface area contributed by atoms with Crippen molar-refractivity contribution in [3.63, 3.8) is 0 Å². The van der Waals surface area contributed by atoms with Crippen molar-refractivity contribution in [3.05, 3.63) is 47.0 Å². The number of imide groups is 1. The van der Waals surface area contributed by atoms with Gasteiger partial charge in [-0.05, 0) is 25.0 Å². The summed E-state index contributed by atoms with van der Waals surface area (Å²) in [6.45, 7) is 1.33. The smallest absolute Gasteiger partial charge is 0.340 e. The minimum atomic E-state index is -0.769.